The SMILES string of the molecule is COc1cc(S(N)(=O)=O)ccc1-c1cn2cccnc2n1. The topological polar surface area (TPSA) is 99.6 Å². The van der Waals surface area contributed by atoms with Crippen LogP contribution in [0.1, 0.15) is 0 Å². The number of primary sulfonamides is 1. The largest absolute Gasteiger partial charge is 0.496 e. The molecule has 2 aromatic heterocycles. The lowest BCUT2D eigenvalue weighted by molar-refractivity contribution is 0.415. The zero-order valence-corrected chi connectivity index (χ0v) is 11.9. The van der Waals surface area contributed by atoms with Crippen LogP contribution in [0.2, 0.25) is 0 Å². The van der Waals surface area contributed by atoms with E-state index in [1.165, 1.54) is 19.2 Å². The maximum absolute atomic E-state index is 11.4. The van der Waals surface area contributed by atoms with Gasteiger partial charge in [0.1, 0.15) is 5.75 Å². The van der Waals surface area contributed by atoms with Gasteiger partial charge in [-0.1, -0.05) is 0 Å². The van der Waals surface area contributed by atoms with Gasteiger partial charge in [-0.3, -0.25) is 4.40 Å². The van der Waals surface area contributed by atoms with E-state index in [4.69, 9.17) is 9.88 Å². The Morgan fingerprint density at radius 1 is 1.33 bits per heavy atom. The van der Waals surface area contributed by atoms with Gasteiger partial charge in [0.25, 0.3) is 0 Å². The minimum Gasteiger partial charge on any atom is -0.496 e. The molecule has 0 unspecified atom stereocenters. The first-order chi connectivity index (χ1) is 9.99. The Bertz CT molecular complexity index is 885. The number of hydrogen-bond acceptors (Lipinski definition) is 5. The number of sulfonamides is 1. The van der Waals surface area contributed by atoms with Crippen molar-refractivity contribution in [2.24, 2.45) is 5.14 Å². The molecule has 0 atom stereocenters. The van der Waals surface area contributed by atoms with Gasteiger partial charge in [-0.2, -0.15) is 0 Å². The molecule has 0 bridgehead atoms. The number of nitrogens with two attached hydrogens (primary N) is 1. The molecule has 0 amide bonds. The third kappa shape index (κ3) is 2.46. The molecule has 2 N–H and O–H groups in total. The minimum atomic E-state index is -3.78. The summed E-state index contributed by atoms with van der Waals surface area (Å²) in [5.41, 5.74) is 1.29. The molecule has 1 aromatic carbocycles. The summed E-state index contributed by atoms with van der Waals surface area (Å²) in [4.78, 5) is 8.50. The first kappa shape index (κ1) is 13.5. The lowest BCUT2D eigenvalue weighted by Crippen LogP contribution is -2.12. The van der Waals surface area contributed by atoms with Crippen molar-refractivity contribution in [3.63, 3.8) is 0 Å². The van der Waals surface area contributed by atoms with E-state index in [9.17, 15) is 8.42 Å². The van der Waals surface area contributed by atoms with Crippen molar-refractivity contribution in [3.8, 4) is 17.0 Å². The van der Waals surface area contributed by atoms with Gasteiger partial charge in [0, 0.05) is 30.2 Å². The van der Waals surface area contributed by atoms with Gasteiger partial charge in [-0.05, 0) is 18.2 Å². The first-order valence-corrected chi connectivity index (χ1v) is 7.54. The number of imidazole rings is 1. The fourth-order valence-corrected chi connectivity index (χ4v) is 2.55. The second-order valence-electron chi connectivity index (χ2n) is 4.36. The van der Waals surface area contributed by atoms with Crippen LogP contribution in [0.4, 0.5) is 0 Å². The molecule has 3 aromatic rings. The average molecular weight is 304 g/mol. The molecular weight excluding hydrogens is 292 g/mol. The molecule has 0 fully saturated rings. The molecule has 0 aliphatic rings. The second kappa shape index (κ2) is 4.83. The Morgan fingerprint density at radius 3 is 2.81 bits per heavy atom. The highest BCUT2D eigenvalue weighted by Crippen LogP contribution is 2.31. The molecule has 7 nitrogen and oxygen atoms in total. The molecule has 2 heterocycles. The number of rotatable bonds is 3. The van der Waals surface area contributed by atoms with Crippen molar-refractivity contribution in [3.05, 3.63) is 42.9 Å². The highest BCUT2D eigenvalue weighted by atomic mass is 32.2. The maximum atomic E-state index is 11.4. The third-order valence-corrected chi connectivity index (χ3v) is 3.92. The zero-order chi connectivity index (χ0) is 15.0. The Balaban J connectivity index is 2.17. The van der Waals surface area contributed by atoms with Crippen LogP contribution in [0, 0.1) is 0 Å². The lowest BCUT2D eigenvalue weighted by Gasteiger charge is -2.07. The normalized spacial score (nSPS) is 11.7. The van der Waals surface area contributed by atoms with E-state index in [2.05, 4.69) is 9.97 Å². The molecule has 3 rings (SSSR count). The summed E-state index contributed by atoms with van der Waals surface area (Å²) in [6.07, 6.45) is 5.26. The molecule has 108 valence electrons. The molecule has 0 spiro atoms. The van der Waals surface area contributed by atoms with E-state index in [1.807, 2.05) is 6.20 Å². The van der Waals surface area contributed by atoms with E-state index >= 15 is 0 Å². The van der Waals surface area contributed by atoms with Gasteiger partial charge in [0.2, 0.25) is 15.8 Å². The smallest absolute Gasteiger partial charge is 0.238 e. The predicted octanol–water partition coefficient (Wildman–Crippen LogP) is 1.05. The monoisotopic (exact) mass is 304 g/mol. The number of nitrogens with zero attached hydrogens (tertiary/aromatic N) is 3. The number of ether oxygens (including phenoxy) is 1. The molecule has 8 heteroatoms. The molecule has 0 aliphatic heterocycles. The van der Waals surface area contributed by atoms with Crippen LogP contribution in [-0.2, 0) is 10.0 Å². The molecule has 0 saturated carbocycles. The van der Waals surface area contributed by atoms with Gasteiger partial charge in [-0.25, -0.2) is 23.5 Å². The van der Waals surface area contributed by atoms with Crippen LogP contribution in [0.15, 0.2) is 47.8 Å². The Labute approximate surface area is 121 Å². The fourth-order valence-electron chi connectivity index (χ4n) is 2.02. The Kier molecular flexibility index (Phi) is 3.11. The number of hydrogen-bond donors (Lipinski definition) is 1. The van der Waals surface area contributed by atoms with Crippen LogP contribution < -0.4 is 9.88 Å². The molecule has 0 saturated heterocycles. The first-order valence-electron chi connectivity index (χ1n) is 6.00. The van der Waals surface area contributed by atoms with Crippen LogP contribution in [0.3, 0.4) is 0 Å². The van der Waals surface area contributed by atoms with Gasteiger partial charge < -0.3 is 4.74 Å². The quantitative estimate of drug-likeness (QED) is 0.779. The lowest BCUT2D eigenvalue weighted by atomic mass is 10.1. The summed E-state index contributed by atoms with van der Waals surface area (Å²) in [5, 5.41) is 5.12. The number of aromatic nitrogens is 3. The standard InChI is InChI=1S/C13H12N4O3S/c1-20-12-7-9(21(14,18)19)3-4-10(12)11-8-17-6-2-5-15-13(17)16-11/h2-8H,1H3,(H2,14,18,19). The van der Waals surface area contributed by atoms with Crippen molar-refractivity contribution < 1.29 is 13.2 Å². The Morgan fingerprint density at radius 2 is 2.14 bits per heavy atom. The van der Waals surface area contributed by atoms with Crippen molar-refractivity contribution >= 4 is 15.8 Å². The predicted molar refractivity (Wildman–Crippen MR) is 76.3 cm³/mol. The van der Waals surface area contributed by atoms with Gasteiger partial charge in [0.05, 0.1) is 17.7 Å². The maximum Gasteiger partial charge on any atom is 0.238 e. The zero-order valence-electron chi connectivity index (χ0n) is 11.1. The third-order valence-electron chi connectivity index (χ3n) is 3.01. The van der Waals surface area contributed by atoms with Crippen molar-refractivity contribution in [1.29, 1.82) is 0 Å². The van der Waals surface area contributed by atoms with E-state index in [0.717, 1.165) is 0 Å². The summed E-state index contributed by atoms with van der Waals surface area (Å²) in [5.74, 6) is 0.926. The number of benzene rings is 1. The summed E-state index contributed by atoms with van der Waals surface area (Å²) >= 11 is 0. The van der Waals surface area contributed by atoms with E-state index in [0.29, 0.717) is 22.8 Å². The summed E-state index contributed by atoms with van der Waals surface area (Å²) in [7, 11) is -2.32. The van der Waals surface area contributed by atoms with Crippen LogP contribution in [-0.4, -0.2) is 29.9 Å². The van der Waals surface area contributed by atoms with E-state index in [-0.39, 0.29) is 4.90 Å². The molecule has 21 heavy (non-hydrogen) atoms. The van der Waals surface area contributed by atoms with Crippen molar-refractivity contribution in [1.82, 2.24) is 14.4 Å². The fraction of sp³-hybridized carbons (Fsp3) is 0.0769. The molecule has 0 radical (unpaired) electrons. The number of methoxy groups -OCH3 is 1. The minimum absolute atomic E-state index is 0.00927. The van der Waals surface area contributed by atoms with Crippen LogP contribution >= 0.6 is 0 Å². The van der Waals surface area contributed by atoms with E-state index < -0.39 is 10.0 Å². The molecule has 0 aliphatic carbocycles. The van der Waals surface area contributed by atoms with Gasteiger partial charge in [0.15, 0.2) is 0 Å². The highest BCUT2D eigenvalue weighted by molar-refractivity contribution is 7.89. The average Bonchev–Trinajstić information content (AvgIpc) is 2.89. The summed E-state index contributed by atoms with van der Waals surface area (Å²) in [6, 6.07) is 6.20. The van der Waals surface area contributed by atoms with Crippen molar-refractivity contribution in [2.45, 2.75) is 4.90 Å². The summed E-state index contributed by atoms with van der Waals surface area (Å²) in [6.45, 7) is 0. The second-order valence-corrected chi connectivity index (χ2v) is 5.92. The van der Waals surface area contributed by atoms with E-state index in [1.54, 1.807) is 28.9 Å². The summed E-state index contributed by atoms with van der Waals surface area (Å²) < 4.78 is 29.8. The number of fused-ring (bicyclic) bond motifs is 1. The highest BCUT2D eigenvalue weighted by Gasteiger charge is 2.15. The van der Waals surface area contributed by atoms with Gasteiger partial charge >= 0.3 is 0 Å². The Hall–Kier alpha value is -2.45. The van der Waals surface area contributed by atoms with Crippen molar-refractivity contribution in [2.75, 3.05) is 7.11 Å². The van der Waals surface area contributed by atoms with Crippen LogP contribution in [0.25, 0.3) is 17.0 Å². The molecular formula is C13H12N4O3S. The van der Waals surface area contributed by atoms with Gasteiger partial charge in [-0.15, -0.1) is 0 Å². The van der Waals surface area contributed by atoms with Crippen LogP contribution in [0.5, 0.6) is 5.75 Å².